The van der Waals surface area contributed by atoms with E-state index in [-0.39, 0.29) is 21.1 Å². The summed E-state index contributed by atoms with van der Waals surface area (Å²) in [7, 11) is -0.337. The van der Waals surface area contributed by atoms with E-state index in [9.17, 15) is 4.79 Å². The first-order valence-electron chi connectivity index (χ1n) is 6.14. The van der Waals surface area contributed by atoms with Crippen molar-refractivity contribution in [2.75, 3.05) is 6.26 Å². The first-order chi connectivity index (χ1) is 9.32. The number of aromatic nitrogens is 2. The highest BCUT2D eigenvalue weighted by Crippen LogP contribution is 2.26. The minimum Gasteiger partial charge on any atom is -0.266 e. The van der Waals surface area contributed by atoms with E-state index < -0.39 is 0 Å². The topological polar surface area (TPSA) is 34.9 Å². The van der Waals surface area contributed by atoms with Gasteiger partial charge in [0.05, 0.1) is 11.9 Å². The Bertz CT molecular complexity index is 765. The molecule has 20 heavy (non-hydrogen) atoms. The summed E-state index contributed by atoms with van der Waals surface area (Å²) in [5, 5.41) is 4.46. The summed E-state index contributed by atoms with van der Waals surface area (Å²) in [6.07, 6.45) is 3.54. The number of halogens is 1. The fourth-order valence-corrected chi connectivity index (χ4v) is 3.15. The Morgan fingerprint density at radius 3 is 2.40 bits per heavy atom. The minimum absolute atomic E-state index is 0.207. The van der Waals surface area contributed by atoms with Crippen LogP contribution in [0.4, 0.5) is 0 Å². The monoisotopic (exact) mass is 308 g/mol. The van der Waals surface area contributed by atoms with Gasteiger partial charge < -0.3 is 0 Å². The molecule has 106 valence electrons. The third kappa shape index (κ3) is 2.58. The number of rotatable bonds is 2. The Kier molecular flexibility index (Phi) is 4.16. The van der Waals surface area contributed by atoms with Crippen molar-refractivity contribution in [2.45, 2.75) is 25.7 Å². The molecule has 3 nitrogen and oxygen atoms in total. The third-order valence-electron chi connectivity index (χ3n) is 3.30. The molecule has 0 fully saturated rings. The van der Waals surface area contributed by atoms with Crippen LogP contribution in [0.5, 0.6) is 0 Å². The SMILES string of the molecule is C=S(C)c1cnn(-c2cc(C)c(C)cc2C)c(=O)c1Cl. The molecule has 5 heteroatoms. The number of benzene rings is 1. The molecule has 1 aromatic heterocycles. The van der Waals surface area contributed by atoms with Crippen LogP contribution in [0, 0.1) is 20.8 Å². The van der Waals surface area contributed by atoms with Crippen molar-refractivity contribution in [3.8, 4) is 5.69 Å². The Morgan fingerprint density at radius 2 is 1.80 bits per heavy atom. The van der Waals surface area contributed by atoms with Gasteiger partial charge in [-0.25, -0.2) is 0 Å². The summed E-state index contributed by atoms with van der Waals surface area (Å²) in [6, 6.07) is 4.01. The van der Waals surface area contributed by atoms with Gasteiger partial charge >= 0.3 is 0 Å². The molecule has 2 rings (SSSR count). The molecular formula is C15H17ClN2OS. The highest BCUT2D eigenvalue weighted by Gasteiger charge is 2.13. The largest absolute Gasteiger partial charge is 0.291 e. The summed E-state index contributed by atoms with van der Waals surface area (Å²) < 4.78 is 1.36. The number of hydrogen-bond donors (Lipinski definition) is 0. The molecule has 0 N–H and O–H groups in total. The molecule has 0 bridgehead atoms. The summed E-state index contributed by atoms with van der Waals surface area (Å²) in [5.41, 5.74) is 3.78. The fourth-order valence-electron chi connectivity index (χ4n) is 2.01. The minimum atomic E-state index is -0.337. The summed E-state index contributed by atoms with van der Waals surface area (Å²) in [6.45, 7) is 6.02. The maximum Gasteiger partial charge on any atom is 0.291 e. The molecule has 0 saturated heterocycles. The van der Waals surface area contributed by atoms with Gasteiger partial charge in [0.1, 0.15) is 5.02 Å². The maximum absolute atomic E-state index is 12.4. The quantitative estimate of drug-likeness (QED) is 0.796. The molecule has 2 aromatic rings. The number of nitrogens with zero attached hydrogens (tertiary/aromatic N) is 2. The molecule has 0 amide bonds. The molecule has 0 aliphatic heterocycles. The molecule has 0 radical (unpaired) electrons. The zero-order valence-electron chi connectivity index (χ0n) is 12.0. The van der Waals surface area contributed by atoms with Crippen LogP contribution in [0.15, 0.2) is 28.0 Å². The lowest BCUT2D eigenvalue weighted by atomic mass is 10.1. The lowest BCUT2D eigenvalue weighted by Gasteiger charge is -2.12. The molecule has 1 unspecified atom stereocenters. The normalized spacial score (nSPS) is 12.4. The van der Waals surface area contributed by atoms with Gasteiger partial charge in [0, 0.05) is 4.90 Å². The van der Waals surface area contributed by atoms with Gasteiger partial charge in [-0.05, 0) is 49.8 Å². The molecule has 0 aliphatic rings. The number of hydrogen-bond acceptors (Lipinski definition) is 2. The molecule has 0 aliphatic carbocycles. The van der Waals surface area contributed by atoms with Crippen molar-refractivity contribution < 1.29 is 0 Å². The Morgan fingerprint density at radius 1 is 1.20 bits per heavy atom. The Labute approximate surface area is 126 Å². The molecular weight excluding hydrogens is 292 g/mol. The second kappa shape index (κ2) is 5.54. The van der Waals surface area contributed by atoms with Crippen molar-refractivity contribution in [3.05, 3.63) is 50.4 Å². The van der Waals surface area contributed by atoms with Crippen LogP contribution in [-0.2, 0) is 0 Å². The molecule has 1 atom stereocenters. The average molecular weight is 309 g/mol. The first kappa shape index (κ1) is 15.0. The van der Waals surface area contributed by atoms with E-state index in [0.717, 1.165) is 16.8 Å². The van der Waals surface area contributed by atoms with Crippen LogP contribution in [-0.4, -0.2) is 21.9 Å². The zero-order chi connectivity index (χ0) is 15.0. The predicted octanol–water partition coefficient (Wildman–Crippen LogP) is 3.50. The standard InChI is InChI=1S/C15H17ClN2OS/c1-9-6-11(3)12(7-10(9)2)18-15(19)14(16)13(8-17-18)20(4)5/h6-8H,4H2,1-3,5H3. The van der Waals surface area contributed by atoms with Crippen LogP contribution in [0.25, 0.3) is 5.69 Å². The van der Waals surface area contributed by atoms with Crippen LogP contribution in [0.1, 0.15) is 16.7 Å². The van der Waals surface area contributed by atoms with Crippen molar-refractivity contribution >= 4 is 28.0 Å². The van der Waals surface area contributed by atoms with Crippen LogP contribution in [0.3, 0.4) is 0 Å². The van der Waals surface area contributed by atoms with Crippen molar-refractivity contribution in [2.24, 2.45) is 0 Å². The van der Waals surface area contributed by atoms with E-state index in [1.807, 2.05) is 39.2 Å². The molecule has 1 heterocycles. The van der Waals surface area contributed by atoms with Crippen molar-refractivity contribution in [3.63, 3.8) is 0 Å². The van der Waals surface area contributed by atoms with Gasteiger partial charge in [-0.3, -0.25) is 4.79 Å². The van der Waals surface area contributed by atoms with Crippen LogP contribution >= 0.6 is 22.1 Å². The zero-order valence-corrected chi connectivity index (χ0v) is 13.6. The van der Waals surface area contributed by atoms with Gasteiger partial charge in [-0.1, -0.05) is 23.5 Å². The second-order valence-electron chi connectivity index (χ2n) is 4.90. The second-order valence-corrected chi connectivity index (χ2v) is 6.99. The fraction of sp³-hybridized carbons (Fsp3) is 0.267. The highest BCUT2D eigenvalue weighted by atomic mass is 35.5. The van der Waals surface area contributed by atoms with E-state index in [1.54, 1.807) is 6.20 Å². The number of aryl methyl sites for hydroxylation is 3. The van der Waals surface area contributed by atoms with E-state index in [1.165, 1.54) is 10.2 Å². The van der Waals surface area contributed by atoms with E-state index >= 15 is 0 Å². The Balaban J connectivity index is 2.72. The van der Waals surface area contributed by atoms with Crippen molar-refractivity contribution in [1.29, 1.82) is 0 Å². The Hall–Kier alpha value is -1.39. The van der Waals surface area contributed by atoms with E-state index in [4.69, 9.17) is 11.6 Å². The predicted molar refractivity (Wildman–Crippen MR) is 88.0 cm³/mol. The van der Waals surface area contributed by atoms with Gasteiger partial charge in [-0.15, -0.1) is 0 Å². The van der Waals surface area contributed by atoms with Gasteiger partial charge in [-0.2, -0.15) is 20.3 Å². The van der Waals surface area contributed by atoms with Crippen molar-refractivity contribution in [1.82, 2.24) is 9.78 Å². The molecule has 0 saturated carbocycles. The molecule has 1 aromatic carbocycles. The summed E-state index contributed by atoms with van der Waals surface area (Å²) in [4.78, 5) is 13.1. The first-order valence-corrected chi connectivity index (χ1v) is 8.32. The van der Waals surface area contributed by atoms with E-state index in [2.05, 4.69) is 11.0 Å². The summed E-state index contributed by atoms with van der Waals surface area (Å²) in [5.74, 6) is 3.91. The maximum atomic E-state index is 12.4. The summed E-state index contributed by atoms with van der Waals surface area (Å²) >= 11 is 6.16. The average Bonchev–Trinajstić information content (AvgIpc) is 2.37. The van der Waals surface area contributed by atoms with Gasteiger partial charge in [0.25, 0.3) is 5.56 Å². The third-order valence-corrected chi connectivity index (χ3v) is 4.84. The van der Waals surface area contributed by atoms with Crippen LogP contribution < -0.4 is 5.56 Å². The van der Waals surface area contributed by atoms with Gasteiger partial charge in [0.15, 0.2) is 0 Å². The lowest BCUT2D eigenvalue weighted by Crippen LogP contribution is -2.23. The lowest BCUT2D eigenvalue weighted by molar-refractivity contribution is 0.785. The van der Waals surface area contributed by atoms with E-state index in [0.29, 0.717) is 4.90 Å². The van der Waals surface area contributed by atoms with Crippen LogP contribution in [0.2, 0.25) is 5.02 Å². The smallest absolute Gasteiger partial charge is 0.266 e. The highest BCUT2D eigenvalue weighted by molar-refractivity contribution is 8.13. The van der Waals surface area contributed by atoms with Gasteiger partial charge in [0.2, 0.25) is 0 Å². The molecule has 0 spiro atoms.